The van der Waals surface area contributed by atoms with Crippen molar-refractivity contribution in [3.05, 3.63) is 11.3 Å². The van der Waals surface area contributed by atoms with Crippen molar-refractivity contribution in [2.75, 3.05) is 11.9 Å². The Hall–Kier alpha value is -0.900. The molecule has 0 unspecified atom stereocenters. The first-order valence-corrected chi connectivity index (χ1v) is 7.17. The molecule has 0 saturated heterocycles. The fraction of sp³-hybridized carbons (Fsp3) is 0.692. The average molecular weight is 252 g/mol. The first-order valence-electron chi connectivity index (χ1n) is 6.39. The molecule has 1 heterocycles. The zero-order chi connectivity index (χ0) is 12.3. The summed E-state index contributed by atoms with van der Waals surface area (Å²) >= 11 is 1.41. The molecule has 0 spiro atoms. The third-order valence-corrected chi connectivity index (χ3v) is 4.39. The maximum atomic E-state index is 11.5. The number of anilines is 1. The van der Waals surface area contributed by atoms with Crippen LogP contribution < -0.4 is 5.32 Å². The summed E-state index contributed by atoms with van der Waals surface area (Å²) in [6.45, 7) is 4.50. The van der Waals surface area contributed by atoms with Crippen molar-refractivity contribution in [2.24, 2.45) is 5.92 Å². The summed E-state index contributed by atoms with van der Waals surface area (Å²) in [5.41, 5.74) is 1.64. The summed E-state index contributed by atoms with van der Waals surface area (Å²) in [5, 5.41) is 4.38. The van der Waals surface area contributed by atoms with E-state index in [9.17, 15) is 4.79 Å². The Labute approximate surface area is 107 Å². The lowest BCUT2D eigenvalue weighted by Gasteiger charge is -2.21. The second-order valence-corrected chi connectivity index (χ2v) is 5.69. The summed E-state index contributed by atoms with van der Waals surface area (Å²) in [6.07, 6.45) is 6.73. The number of Topliss-reactive ketones (excluding diaryl/α,β-unsaturated/α-hetero) is 1. The Morgan fingerprint density at radius 2 is 2.12 bits per heavy atom. The molecule has 1 aromatic heterocycles. The van der Waals surface area contributed by atoms with Gasteiger partial charge in [0.1, 0.15) is 5.00 Å². The number of nitrogens with one attached hydrogen (secondary N) is 1. The van der Waals surface area contributed by atoms with E-state index in [1.807, 2.05) is 6.92 Å². The van der Waals surface area contributed by atoms with Gasteiger partial charge in [-0.1, -0.05) is 19.3 Å². The van der Waals surface area contributed by atoms with E-state index in [4.69, 9.17) is 0 Å². The van der Waals surface area contributed by atoms with Gasteiger partial charge in [-0.25, -0.2) is 0 Å². The molecule has 0 bridgehead atoms. The number of nitrogens with zero attached hydrogens (tertiary/aromatic N) is 1. The van der Waals surface area contributed by atoms with E-state index in [1.165, 1.54) is 43.6 Å². The van der Waals surface area contributed by atoms with Gasteiger partial charge in [-0.3, -0.25) is 4.79 Å². The van der Waals surface area contributed by atoms with E-state index >= 15 is 0 Å². The van der Waals surface area contributed by atoms with Gasteiger partial charge in [-0.2, -0.15) is 4.37 Å². The molecule has 17 heavy (non-hydrogen) atoms. The minimum atomic E-state index is 0.113. The standard InChI is InChI=1S/C13H20N2OS/c1-9-12(10(2)16)13(17-15-9)14-8-11-6-4-3-5-7-11/h11,14H,3-8H2,1-2H3. The zero-order valence-corrected chi connectivity index (χ0v) is 11.4. The number of hydrogen-bond donors (Lipinski definition) is 1. The summed E-state index contributed by atoms with van der Waals surface area (Å²) in [5.74, 6) is 0.883. The normalized spacial score (nSPS) is 17.1. The van der Waals surface area contributed by atoms with Gasteiger partial charge in [0.2, 0.25) is 0 Å². The lowest BCUT2D eigenvalue weighted by atomic mass is 9.89. The van der Waals surface area contributed by atoms with Crippen LogP contribution in [0.4, 0.5) is 5.00 Å². The molecular weight excluding hydrogens is 232 g/mol. The van der Waals surface area contributed by atoms with Crippen molar-refractivity contribution in [2.45, 2.75) is 46.0 Å². The number of ketones is 1. The van der Waals surface area contributed by atoms with Gasteiger partial charge in [-0.05, 0) is 44.1 Å². The quantitative estimate of drug-likeness (QED) is 0.832. The fourth-order valence-electron chi connectivity index (χ4n) is 2.53. The van der Waals surface area contributed by atoms with Crippen molar-refractivity contribution in [3.63, 3.8) is 0 Å². The van der Waals surface area contributed by atoms with Gasteiger partial charge < -0.3 is 5.32 Å². The topological polar surface area (TPSA) is 42.0 Å². The molecule has 0 radical (unpaired) electrons. The molecule has 1 fully saturated rings. The highest BCUT2D eigenvalue weighted by molar-refractivity contribution is 7.10. The van der Waals surface area contributed by atoms with Crippen LogP contribution in [0, 0.1) is 12.8 Å². The van der Waals surface area contributed by atoms with Crippen LogP contribution in [0.3, 0.4) is 0 Å². The highest BCUT2D eigenvalue weighted by Crippen LogP contribution is 2.28. The van der Waals surface area contributed by atoms with Crippen LogP contribution in [0.5, 0.6) is 0 Å². The van der Waals surface area contributed by atoms with Crippen LogP contribution >= 0.6 is 11.5 Å². The number of rotatable bonds is 4. The van der Waals surface area contributed by atoms with Crippen LogP contribution in [0.25, 0.3) is 0 Å². The number of carbonyl (C=O) groups excluding carboxylic acids is 1. The molecular formula is C13H20N2OS. The van der Waals surface area contributed by atoms with Gasteiger partial charge in [-0.15, -0.1) is 0 Å². The first kappa shape index (κ1) is 12.6. The van der Waals surface area contributed by atoms with Crippen LogP contribution in [0.1, 0.15) is 55.1 Å². The van der Waals surface area contributed by atoms with E-state index < -0.39 is 0 Å². The van der Waals surface area contributed by atoms with Crippen LogP contribution in [0.15, 0.2) is 0 Å². The first-order chi connectivity index (χ1) is 8.18. The SMILES string of the molecule is CC(=O)c1c(C)nsc1NCC1CCCCC1. The average Bonchev–Trinajstić information content (AvgIpc) is 2.69. The summed E-state index contributed by atoms with van der Waals surface area (Å²) in [7, 11) is 0. The van der Waals surface area contributed by atoms with Crippen LogP contribution in [0.2, 0.25) is 0 Å². The molecule has 1 aliphatic carbocycles. The lowest BCUT2D eigenvalue weighted by Crippen LogP contribution is -2.17. The smallest absolute Gasteiger partial charge is 0.164 e. The molecule has 0 aliphatic heterocycles. The highest BCUT2D eigenvalue weighted by atomic mass is 32.1. The van der Waals surface area contributed by atoms with Crippen molar-refractivity contribution in [3.8, 4) is 0 Å². The Morgan fingerprint density at radius 1 is 1.41 bits per heavy atom. The minimum Gasteiger partial charge on any atom is -0.375 e. The molecule has 94 valence electrons. The van der Waals surface area contributed by atoms with E-state index in [-0.39, 0.29) is 5.78 Å². The molecule has 4 heteroatoms. The molecule has 0 amide bonds. The molecule has 1 N–H and O–H groups in total. The lowest BCUT2D eigenvalue weighted by molar-refractivity contribution is 0.101. The Balaban J connectivity index is 1.96. The number of aryl methyl sites for hydroxylation is 1. The maximum absolute atomic E-state index is 11.5. The van der Waals surface area contributed by atoms with Crippen molar-refractivity contribution in [1.29, 1.82) is 0 Å². The third kappa shape index (κ3) is 3.06. The Bertz CT molecular complexity index is 394. The molecule has 0 aromatic carbocycles. The summed E-state index contributed by atoms with van der Waals surface area (Å²) in [4.78, 5) is 11.5. The molecule has 1 aromatic rings. The van der Waals surface area contributed by atoms with Crippen molar-refractivity contribution < 1.29 is 4.79 Å². The fourth-order valence-corrected chi connectivity index (χ4v) is 3.38. The molecule has 3 nitrogen and oxygen atoms in total. The van der Waals surface area contributed by atoms with Gasteiger partial charge >= 0.3 is 0 Å². The summed E-state index contributed by atoms with van der Waals surface area (Å²) < 4.78 is 4.26. The third-order valence-electron chi connectivity index (χ3n) is 3.49. The number of carbonyl (C=O) groups is 1. The van der Waals surface area contributed by atoms with Gasteiger partial charge in [0.05, 0.1) is 11.3 Å². The van der Waals surface area contributed by atoms with Crippen molar-refractivity contribution >= 4 is 22.3 Å². The predicted molar refractivity (Wildman–Crippen MR) is 71.9 cm³/mol. The molecule has 2 rings (SSSR count). The Kier molecular flexibility index (Phi) is 4.15. The van der Waals surface area contributed by atoms with Crippen molar-refractivity contribution in [1.82, 2.24) is 4.37 Å². The van der Waals surface area contributed by atoms with Crippen LogP contribution in [-0.4, -0.2) is 16.7 Å². The highest BCUT2D eigenvalue weighted by Gasteiger charge is 2.17. The van der Waals surface area contributed by atoms with Crippen LogP contribution in [-0.2, 0) is 0 Å². The summed E-state index contributed by atoms with van der Waals surface area (Å²) in [6, 6.07) is 0. The van der Waals surface area contributed by atoms with E-state index in [0.29, 0.717) is 0 Å². The zero-order valence-electron chi connectivity index (χ0n) is 10.6. The number of hydrogen-bond acceptors (Lipinski definition) is 4. The van der Waals surface area contributed by atoms with Gasteiger partial charge in [0, 0.05) is 6.54 Å². The second-order valence-electron chi connectivity index (χ2n) is 4.91. The maximum Gasteiger partial charge on any atom is 0.164 e. The van der Waals surface area contributed by atoms with Gasteiger partial charge in [0.15, 0.2) is 5.78 Å². The Morgan fingerprint density at radius 3 is 2.76 bits per heavy atom. The minimum absolute atomic E-state index is 0.113. The second kappa shape index (κ2) is 5.63. The van der Waals surface area contributed by atoms with E-state index in [1.54, 1.807) is 6.92 Å². The molecule has 1 aliphatic rings. The molecule has 0 atom stereocenters. The monoisotopic (exact) mass is 252 g/mol. The van der Waals surface area contributed by atoms with E-state index in [2.05, 4.69) is 9.69 Å². The number of aromatic nitrogens is 1. The largest absolute Gasteiger partial charge is 0.375 e. The predicted octanol–water partition coefficient (Wildman–Crippen LogP) is 3.65. The van der Waals surface area contributed by atoms with Gasteiger partial charge in [0.25, 0.3) is 0 Å². The molecule has 1 saturated carbocycles. The van der Waals surface area contributed by atoms with E-state index in [0.717, 1.165) is 28.7 Å².